The normalized spacial score (nSPS) is 11.3. The molecule has 0 fully saturated rings. The number of anilines is 1. The summed E-state index contributed by atoms with van der Waals surface area (Å²) in [6.07, 6.45) is 1.56. The van der Waals surface area contributed by atoms with Crippen LogP contribution in [0.3, 0.4) is 0 Å². The smallest absolute Gasteiger partial charge is 0.262 e. The number of halogens is 2. The molecule has 0 atom stereocenters. The Hall–Kier alpha value is -1.47. The SMILES string of the molecule is Cc1ncccc1NS(=O)(=O)c1ccc(Br)c(F)c1. The molecule has 0 saturated heterocycles. The van der Waals surface area contributed by atoms with E-state index in [0.717, 1.165) is 6.07 Å². The van der Waals surface area contributed by atoms with Crippen LogP contribution in [0.4, 0.5) is 10.1 Å². The van der Waals surface area contributed by atoms with Gasteiger partial charge >= 0.3 is 0 Å². The van der Waals surface area contributed by atoms with Gasteiger partial charge in [-0.15, -0.1) is 0 Å². The van der Waals surface area contributed by atoms with Crippen molar-refractivity contribution >= 4 is 31.6 Å². The molecule has 0 aliphatic heterocycles. The minimum Gasteiger partial charge on any atom is -0.278 e. The molecule has 1 N–H and O–H groups in total. The van der Waals surface area contributed by atoms with Gasteiger partial charge in [0.2, 0.25) is 0 Å². The second kappa shape index (κ2) is 5.26. The summed E-state index contributed by atoms with van der Waals surface area (Å²) < 4.78 is 40.2. The Labute approximate surface area is 118 Å². The Morgan fingerprint density at radius 1 is 1.32 bits per heavy atom. The Balaban J connectivity index is 2.38. The maximum Gasteiger partial charge on any atom is 0.262 e. The van der Waals surface area contributed by atoms with Gasteiger partial charge in [0, 0.05) is 6.20 Å². The standard InChI is InChI=1S/C12H10BrFN2O2S/c1-8-12(3-2-6-15-8)16-19(17,18)9-4-5-10(13)11(14)7-9/h2-7,16H,1H3. The molecule has 0 spiro atoms. The van der Waals surface area contributed by atoms with E-state index in [1.54, 1.807) is 25.3 Å². The quantitative estimate of drug-likeness (QED) is 0.930. The summed E-state index contributed by atoms with van der Waals surface area (Å²) in [7, 11) is -3.83. The highest BCUT2D eigenvalue weighted by atomic mass is 79.9. The minimum absolute atomic E-state index is 0.142. The molecule has 2 rings (SSSR count). The second-order valence-electron chi connectivity index (χ2n) is 3.82. The number of hydrogen-bond acceptors (Lipinski definition) is 3. The van der Waals surface area contributed by atoms with Crippen LogP contribution in [0.5, 0.6) is 0 Å². The predicted molar refractivity (Wildman–Crippen MR) is 73.9 cm³/mol. The van der Waals surface area contributed by atoms with Gasteiger partial charge in [-0.05, 0) is 53.2 Å². The average Bonchev–Trinajstić information content (AvgIpc) is 2.35. The third-order valence-corrected chi connectivity index (χ3v) is 4.46. The molecule has 7 heteroatoms. The topological polar surface area (TPSA) is 59.1 Å². The van der Waals surface area contributed by atoms with Crippen molar-refractivity contribution in [2.24, 2.45) is 0 Å². The summed E-state index contributed by atoms with van der Waals surface area (Å²) in [5.41, 5.74) is 0.912. The molecule has 0 aliphatic carbocycles. The molecule has 0 aliphatic rings. The predicted octanol–water partition coefficient (Wildman–Crippen LogP) is 3.09. The number of sulfonamides is 1. The molecular formula is C12H10BrFN2O2S. The fourth-order valence-electron chi connectivity index (χ4n) is 1.44. The molecule has 0 unspecified atom stereocenters. The number of nitrogens with one attached hydrogen (secondary N) is 1. The van der Waals surface area contributed by atoms with Crippen molar-refractivity contribution in [3.8, 4) is 0 Å². The van der Waals surface area contributed by atoms with E-state index < -0.39 is 15.8 Å². The number of aryl methyl sites for hydroxylation is 1. The first-order chi connectivity index (χ1) is 8.90. The lowest BCUT2D eigenvalue weighted by molar-refractivity contribution is 0.593. The molecule has 1 aromatic carbocycles. The van der Waals surface area contributed by atoms with E-state index in [9.17, 15) is 12.8 Å². The van der Waals surface area contributed by atoms with Crippen LogP contribution >= 0.6 is 15.9 Å². The van der Waals surface area contributed by atoms with Gasteiger partial charge in [-0.1, -0.05) is 0 Å². The van der Waals surface area contributed by atoms with Gasteiger partial charge in [-0.2, -0.15) is 0 Å². The van der Waals surface area contributed by atoms with Crippen LogP contribution in [0.15, 0.2) is 45.9 Å². The summed E-state index contributed by atoms with van der Waals surface area (Å²) in [5.74, 6) is -0.634. The van der Waals surface area contributed by atoms with Crippen molar-refractivity contribution in [3.63, 3.8) is 0 Å². The zero-order valence-electron chi connectivity index (χ0n) is 9.89. The fourth-order valence-corrected chi connectivity index (χ4v) is 2.82. The molecule has 2 aromatic rings. The van der Waals surface area contributed by atoms with Gasteiger partial charge in [-0.25, -0.2) is 12.8 Å². The van der Waals surface area contributed by atoms with Crippen LogP contribution in [0.1, 0.15) is 5.69 Å². The monoisotopic (exact) mass is 344 g/mol. The Kier molecular flexibility index (Phi) is 3.86. The van der Waals surface area contributed by atoms with Crippen LogP contribution in [0.2, 0.25) is 0 Å². The molecule has 4 nitrogen and oxygen atoms in total. The highest BCUT2D eigenvalue weighted by Crippen LogP contribution is 2.22. The van der Waals surface area contributed by atoms with Crippen molar-refractivity contribution in [2.75, 3.05) is 4.72 Å². The summed E-state index contributed by atoms with van der Waals surface area (Å²) >= 11 is 2.97. The maximum absolute atomic E-state index is 13.4. The van der Waals surface area contributed by atoms with Crippen molar-refractivity contribution in [2.45, 2.75) is 11.8 Å². The number of pyridine rings is 1. The summed E-state index contributed by atoms with van der Waals surface area (Å²) in [6.45, 7) is 1.68. The highest BCUT2D eigenvalue weighted by Gasteiger charge is 2.17. The van der Waals surface area contributed by atoms with Gasteiger partial charge < -0.3 is 0 Å². The molecule has 1 aromatic heterocycles. The van der Waals surface area contributed by atoms with Crippen LogP contribution < -0.4 is 4.72 Å². The fraction of sp³-hybridized carbons (Fsp3) is 0.0833. The molecule has 0 radical (unpaired) electrons. The lowest BCUT2D eigenvalue weighted by Crippen LogP contribution is -2.14. The second-order valence-corrected chi connectivity index (χ2v) is 6.35. The van der Waals surface area contributed by atoms with E-state index >= 15 is 0 Å². The maximum atomic E-state index is 13.4. The van der Waals surface area contributed by atoms with Gasteiger partial charge in [0.15, 0.2) is 0 Å². The zero-order chi connectivity index (χ0) is 14.0. The molecule has 100 valence electrons. The lowest BCUT2D eigenvalue weighted by Gasteiger charge is -2.10. The Bertz CT molecular complexity index is 719. The Morgan fingerprint density at radius 3 is 2.68 bits per heavy atom. The molecular weight excluding hydrogens is 335 g/mol. The van der Waals surface area contributed by atoms with Crippen molar-refractivity contribution in [3.05, 3.63) is 52.5 Å². The summed E-state index contributed by atoms with van der Waals surface area (Å²) in [5, 5.41) is 0. The molecule has 0 saturated carbocycles. The zero-order valence-corrected chi connectivity index (χ0v) is 12.3. The van der Waals surface area contributed by atoms with Gasteiger partial charge in [0.25, 0.3) is 10.0 Å². The molecule has 1 heterocycles. The van der Waals surface area contributed by atoms with Crippen LogP contribution in [-0.4, -0.2) is 13.4 Å². The van der Waals surface area contributed by atoms with Gasteiger partial charge in [-0.3, -0.25) is 9.71 Å². The van der Waals surface area contributed by atoms with Gasteiger partial charge in [0.1, 0.15) is 5.82 Å². The van der Waals surface area contributed by atoms with Crippen molar-refractivity contribution in [1.29, 1.82) is 0 Å². The van der Waals surface area contributed by atoms with E-state index in [0.29, 0.717) is 11.4 Å². The molecule has 0 amide bonds. The minimum atomic E-state index is -3.83. The van der Waals surface area contributed by atoms with Crippen LogP contribution in [-0.2, 0) is 10.0 Å². The number of benzene rings is 1. The highest BCUT2D eigenvalue weighted by molar-refractivity contribution is 9.10. The van der Waals surface area contributed by atoms with Crippen LogP contribution in [0.25, 0.3) is 0 Å². The van der Waals surface area contributed by atoms with Crippen molar-refractivity contribution in [1.82, 2.24) is 4.98 Å². The van der Waals surface area contributed by atoms with E-state index in [2.05, 4.69) is 25.6 Å². The average molecular weight is 345 g/mol. The number of nitrogens with zero attached hydrogens (tertiary/aromatic N) is 1. The van der Waals surface area contributed by atoms with Crippen molar-refractivity contribution < 1.29 is 12.8 Å². The Morgan fingerprint density at radius 2 is 2.05 bits per heavy atom. The number of aromatic nitrogens is 1. The van der Waals surface area contributed by atoms with Gasteiger partial charge in [0.05, 0.1) is 20.7 Å². The first-order valence-electron chi connectivity index (χ1n) is 5.29. The number of rotatable bonds is 3. The summed E-state index contributed by atoms with van der Waals surface area (Å²) in [4.78, 5) is 3.84. The van der Waals surface area contributed by atoms with E-state index in [1.165, 1.54) is 12.1 Å². The first kappa shape index (κ1) is 14.0. The lowest BCUT2D eigenvalue weighted by atomic mass is 10.3. The largest absolute Gasteiger partial charge is 0.278 e. The molecule has 0 bridgehead atoms. The van der Waals surface area contributed by atoms with E-state index in [1.807, 2.05) is 0 Å². The summed E-state index contributed by atoms with van der Waals surface area (Å²) in [6, 6.07) is 6.83. The molecule has 19 heavy (non-hydrogen) atoms. The van der Waals surface area contributed by atoms with E-state index in [4.69, 9.17) is 0 Å². The third-order valence-electron chi connectivity index (χ3n) is 2.45. The van der Waals surface area contributed by atoms with E-state index in [-0.39, 0.29) is 9.37 Å². The number of hydrogen-bond donors (Lipinski definition) is 1. The third kappa shape index (κ3) is 3.10. The first-order valence-corrected chi connectivity index (χ1v) is 7.57. The van der Waals surface area contributed by atoms with Crippen LogP contribution in [0, 0.1) is 12.7 Å².